The number of halogens is 1. The number of methoxy groups -OCH3 is 1. The third-order valence-corrected chi connectivity index (χ3v) is 6.64. The van der Waals surface area contributed by atoms with Gasteiger partial charge in [0.25, 0.3) is 10.0 Å². The van der Waals surface area contributed by atoms with Crippen molar-refractivity contribution in [2.45, 2.75) is 18.7 Å². The number of aryl methyl sites for hydroxylation is 2. The molecule has 3 rings (SSSR count). The van der Waals surface area contributed by atoms with Crippen LogP contribution in [-0.4, -0.2) is 28.0 Å². The smallest absolute Gasteiger partial charge is 0.268 e. The van der Waals surface area contributed by atoms with Gasteiger partial charge in [0.15, 0.2) is 0 Å². The molecule has 3 aromatic rings. The highest BCUT2D eigenvalue weighted by Crippen LogP contribution is 2.31. The summed E-state index contributed by atoms with van der Waals surface area (Å²) in [6.45, 7) is 3.27. The van der Waals surface area contributed by atoms with Crippen LogP contribution in [0.5, 0.6) is 5.75 Å². The number of carbonyl (C=O) groups is 1. The minimum Gasteiger partial charge on any atom is -0.495 e. The van der Waals surface area contributed by atoms with E-state index >= 15 is 0 Å². The van der Waals surface area contributed by atoms with Gasteiger partial charge in [0.1, 0.15) is 17.2 Å². The molecule has 1 amide bonds. The van der Waals surface area contributed by atoms with E-state index in [1.807, 2.05) is 25.1 Å². The maximum absolute atomic E-state index is 13.6. The molecule has 0 heterocycles. The van der Waals surface area contributed by atoms with E-state index < -0.39 is 22.5 Å². The second kappa shape index (κ2) is 9.41. The molecule has 8 heteroatoms. The van der Waals surface area contributed by atoms with Gasteiger partial charge in [0.05, 0.1) is 12.8 Å². The van der Waals surface area contributed by atoms with Crippen molar-refractivity contribution < 1.29 is 17.9 Å². The van der Waals surface area contributed by atoms with Crippen molar-refractivity contribution in [3.8, 4) is 5.75 Å². The third-order valence-electron chi connectivity index (χ3n) is 4.59. The molecule has 1 N–H and O–H groups in total. The first-order valence-electron chi connectivity index (χ1n) is 9.50. The molecule has 0 aliphatic heterocycles. The van der Waals surface area contributed by atoms with E-state index in [0.29, 0.717) is 16.4 Å². The number of sulfonamides is 1. The van der Waals surface area contributed by atoms with Crippen LogP contribution in [0.3, 0.4) is 0 Å². The topological polar surface area (TPSA) is 75.7 Å². The van der Waals surface area contributed by atoms with E-state index in [-0.39, 0.29) is 10.6 Å². The van der Waals surface area contributed by atoms with E-state index in [4.69, 9.17) is 16.3 Å². The maximum atomic E-state index is 13.6. The monoisotopic (exact) mass is 458 g/mol. The Morgan fingerprint density at radius 1 is 1.00 bits per heavy atom. The molecule has 0 aliphatic carbocycles. The van der Waals surface area contributed by atoms with E-state index in [1.54, 1.807) is 49.4 Å². The number of benzene rings is 3. The van der Waals surface area contributed by atoms with Crippen molar-refractivity contribution in [2.75, 3.05) is 23.3 Å². The van der Waals surface area contributed by atoms with Crippen LogP contribution in [0.15, 0.2) is 71.6 Å². The van der Waals surface area contributed by atoms with Crippen LogP contribution < -0.4 is 14.4 Å². The molecular formula is C23H23ClN2O4S. The highest BCUT2D eigenvalue weighted by molar-refractivity contribution is 7.93. The van der Waals surface area contributed by atoms with Crippen LogP contribution in [-0.2, 0) is 14.8 Å². The Bertz CT molecular complexity index is 1190. The fourth-order valence-corrected chi connectivity index (χ4v) is 4.87. The lowest BCUT2D eigenvalue weighted by atomic mass is 10.2. The Labute approximate surface area is 187 Å². The Balaban J connectivity index is 2.01. The number of ether oxygens (including phenoxy) is 1. The van der Waals surface area contributed by atoms with Crippen molar-refractivity contribution in [3.05, 3.63) is 82.9 Å². The van der Waals surface area contributed by atoms with Gasteiger partial charge >= 0.3 is 0 Å². The molecule has 6 nitrogen and oxygen atoms in total. The van der Waals surface area contributed by atoms with E-state index in [9.17, 15) is 13.2 Å². The van der Waals surface area contributed by atoms with Crippen molar-refractivity contribution >= 4 is 38.9 Å². The lowest BCUT2D eigenvalue weighted by Crippen LogP contribution is -2.38. The molecule has 31 heavy (non-hydrogen) atoms. The van der Waals surface area contributed by atoms with Gasteiger partial charge < -0.3 is 10.1 Å². The zero-order chi connectivity index (χ0) is 22.6. The van der Waals surface area contributed by atoms with Crippen LogP contribution >= 0.6 is 11.6 Å². The minimum absolute atomic E-state index is 0.0201. The predicted octanol–water partition coefficient (Wildman–Crippen LogP) is 4.80. The number of carbonyl (C=O) groups excluding carboxylic acids is 1. The Morgan fingerprint density at radius 2 is 1.68 bits per heavy atom. The molecule has 0 unspecified atom stereocenters. The molecule has 0 bridgehead atoms. The van der Waals surface area contributed by atoms with Gasteiger partial charge in [-0.3, -0.25) is 9.10 Å². The molecule has 0 fully saturated rings. The van der Waals surface area contributed by atoms with Gasteiger partial charge in [-0.15, -0.1) is 0 Å². The average Bonchev–Trinajstić information content (AvgIpc) is 2.72. The lowest BCUT2D eigenvalue weighted by molar-refractivity contribution is -0.114. The van der Waals surface area contributed by atoms with Gasteiger partial charge in [0, 0.05) is 10.7 Å². The van der Waals surface area contributed by atoms with Crippen molar-refractivity contribution in [2.24, 2.45) is 0 Å². The fourth-order valence-electron chi connectivity index (χ4n) is 3.08. The summed E-state index contributed by atoms with van der Waals surface area (Å²) in [5, 5.41) is 3.21. The minimum atomic E-state index is -4.12. The van der Waals surface area contributed by atoms with Crippen molar-refractivity contribution in [3.63, 3.8) is 0 Å². The highest BCUT2D eigenvalue weighted by atomic mass is 35.5. The summed E-state index contributed by atoms with van der Waals surface area (Å²) in [5.74, 6) is -0.278. The number of hydrogen-bond acceptors (Lipinski definition) is 4. The van der Waals surface area contributed by atoms with E-state index in [0.717, 1.165) is 15.4 Å². The number of amides is 1. The third kappa shape index (κ3) is 5.37. The van der Waals surface area contributed by atoms with E-state index in [1.165, 1.54) is 13.2 Å². The summed E-state index contributed by atoms with van der Waals surface area (Å²) in [7, 11) is -2.72. The first kappa shape index (κ1) is 22.7. The second-order valence-corrected chi connectivity index (χ2v) is 9.33. The molecular weight excluding hydrogens is 436 g/mol. The molecule has 162 valence electrons. The second-order valence-electron chi connectivity index (χ2n) is 7.06. The summed E-state index contributed by atoms with van der Waals surface area (Å²) < 4.78 is 33.6. The zero-order valence-corrected chi connectivity index (χ0v) is 19.0. The van der Waals surface area contributed by atoms with Gasteiger partial charge in [-0.2, -0.15) is 0 Å². The summed E-state index contributed by atoms with van der Waals surface area (Å²) >= 11 is 5.98. The van der Waals surface area contributed by atoms with Gasteiger partial charge in [-0.25, -0.2) is 8.42 Å². The number of nitrogens with zero attached hydrogens (tertiary/aromatic N) is 1. The summed E-state index contributed by atoms with van der Waals surface area (Å²) in [6.07, 6.45) is 0. The molecule has 0 saturated heterocycles. The quantitative estimate of drug-likeness (QED) is 0.551. The van der Waals surface area contributed by atoms with Crippen LogP contribution in [0.2, 0.25) is 5.02 Å². The molecule has 0 aromatic heterocycles. The summed E-state index contributed by atoms with van der Waals surface area (Å²) in [5.41, 5.74) is 2.63. The summed E-state index contributed by atoms with van der Waals surface area (Å²) in [4.78, 5) is 12.8. The summed E-state index contributed by atoms with van der Waals surface area (Å²) in [6, 6.07) is 18.4. The zero-order valence-electron chi connectivity index (χ0n) is 17.4. The number of hydrogen-bond donors (Lipinski definition) is 1. The number of anilines is 2. The largest absolute Gasteiger partial charge is 0.495 e. The first-order chi connectivity index (χ1) is 14.7. The lowest BCUT2D eigenvalue weighted by Gasteiger charge is -2.25. The van der Waals surface area contributed by atoms with Crippen molar-refractivity contribution in [1.82, 2.24) is 0 Å². The van der Waals surface area contributed by atoms with E-state index in [2.05, 4.69) is 5.32 Å². The molecule has 0 atom stereocenters. The number of rotatable bonds is 7. The highest BCUT2D eigenvalue weighted by Gasteiger charge is 2.30. The predicted molar refractivity (Wildman–Crippen MR) is 124 cm³/mol. The first-order valence-corrected chi connectivity index (χ1v) is 11.3. The fraction of sp³-hybridized carbons (Fsp3) is 0.174. The average molecular weight is 459 g/mol. The van der Waals surface area contributed by atoms with Crippen LogP contribution in [0.4, 0.5) is 11.4 Å². The van der Waals surface area contributed by atoms with Crippen LogP contribution in [0.1, 0.15) is 11.1 Å². The molecule has 3 aromatic carbocycles. The van der Waals surface area contributed by atoms with Gasteiger partial charge in [-0.1, -0.05) is 29.8 Å². The Kier molecular flexibility index (Phi) is 6.87. The molecule has 0 aliphatic rings. The van der Waals surface area contributed by atoms with Crippen molar-refractivity contribution in [1.29, 1.82) is 0 Å². The maximum Gasteiger partial charge on any atom is 0.268 e. The Hall–Kier alpha value is -3.03. The standard InChI is InChI=1S/C23H23ClN2O4S/c1-16-5-4-6-19(13-16)25-23(27)15-26(20-10-8-18(24)9-11-20)31(28,29)22-14-17(2)7-12-21(22)30-3/h4-14H,15H2,1-3H3,(H,25,27). The van der Waals surface area contributed by atoms with Gasteiger partial charge in [0.2, 0.25) is 5.91 Å². The normalized spacial score (nSPS) is 11.1. The van der Waals surface area contributed by atoms with Gasteiger partial charge in [-0.05, 0) is 73.5 Å². The molecule has 0 radical (unpaired) electrons. The molecule has 0 saturated carbocycles. The number of nitrogens with one attached hydrogen (secondary N) is 1. The van der Waals surface area contributed by atoms with Crippen LogP contribution in [0.25, 0.3) is 0 Å². The Morgan fingerprint density at radius 3 is 2.32 bits per heavy atom. The molecule has 0 spiro atoms. The SMILES string of the molecule is COc1ccc(C)cc1S(=O)(=O)N(CC(=O)Nc1cccc(C)c1)c1ccc(Cl)cc1. The van der Waals surface area contributed by atoms with Crippen LogP contribution in [0, 0.1) is 13.8 Å².